The van der Waals surface area contributed by atoms with Gasteiger partial charge in [-0.1, -0.05) is 62.4 Å². The van der Waals surface area contributed by atoms with Gasteiger partial charge in [0.15, 0.2) is 0 Å². The summed E-state index contributed by atoms with van der Waals surface area (Å²) in [6, 6.07) is 25.0. The van der Waals surface area contributed by atoms with E-state index in [2.05, 4.69) is 79.1 Å². The van der Waals surface area contributed by atoms with E-state index >= 15 is 0 Å². The summed E-state index contributed by atoms with van der Waals surface area (Å²) in [5.41, 5.74) is 5.38. The number of carbonyl (C=O) groups excluding carboxylic acids is 1. The van der Waals surface area contributed by atoms with Crippen LogP contribution in [0.15, 0.2) is 72.8 Å². The molecule has 0 spiro atoms. The summed E-state index contributed by atoms with van der Waals surface area (Å²) in [5.74, 6) is 2.19. The molecule has 1 aromatic heterocycles. The van der Waals surface area contributed by atoms with Crippen molar-refractivity contribution in [3.8, 4) is 0 Å². The van der Waals surface area contributed by atoms with Crippen molar-refractivity contribution >= 4 is 34.3 Å². The highest BCUT2D eigenvalue weighted by atomic mass is 16.2. The smallest absolute Gasteiger partial charge is 0.230 e. The van der Waals surface area contributed by atoms with Gasteiger partial charge in [-0.15, -0.1) is 0 Å². The topological polar surface area (TPSA) is 73.4 Å². The summed E-state index contributed by atoms with van der Waals surface area (Å²) in [7, 11) is 3.92. The van der Waals surface area contributed by atoms with Gasteiger partial charge < -0.3 is 20.4 Å². The first kappa shape index (κ1) is 27.6. The Morgan fingerprint density at radius 3 is 2.35 bits per heavy atom. The van der Waals surface area contributed by atoms with Gasteiger partial charge in [0.05, 0.1) is 12.1 Å². The monoisotopic (exact) mass is 536 g/mol. The van der Waals surface area contributed by atoms with Gasteiger partial charge in [-0.05, 0) is 72.8 Å². The molecule has 2 heterocycles. The van der Waals surface area contributed by atoms with E-state index in [-0.39, 0.29) is 11.8 Å². The largest absolute Gasteiger partial charge is 0.365 e. The lowest BCUT2D eigenvalue weighted by molar-refractivity contribution is -0.123. The quantitative estimate of drug-likeness (QED) is 0.275. The second-order valence-electron chi connectivity index (χ2n) is 11.2. The Bertz CT molecular complexity index is 1420. The summed E-state index contributed by atoms with van der Waals surface area (Å²) >= 11 is 0. The van der Waals surface area contributed by atoms with Gasteiger partial charge in [-0.25, -0.2) is 4.98 Å². The van der Waals surface area contributed by atoms with Gasteiger partial charge in [0.1, 0.15) is 5.82 Å². The van der Waals surface area contributed by atoms with Gasteiger partial charge in [-0.3, -0.25) is 4.79 Å². The first-order valence-electron chi connectivity index (χ1n) is 14.3. The van der Waals surface area contributed by atoms with Crippen LogP contribution in [0, 0.1) is 5.92 Å². The number of nitrogens with zero attached hydrogens (tertiary/aromatic N) is 4. The fourth-order valence-corrected chi connectivity index (χ4v) is 5.16. The third-order valence-electron chi connectivity index (χ3n) is 7.62. The van der Waals surface area contributed by atoms with Crippen LogP contribution in [-0.2, 0) is 17.9 Å². The summed E-state index contributed by atoms with van der Waals surface area (Å²) in [6.07, 6.45) is 1.76. The van der Waals surface area contributed by atoms with Crippen molar-refractivity contribution in [2.24, 2.45) is 5.92 Å². The van der Waals surface area contributed by atoms with Gasteiger partial charge in [0.2, 0.25) is 11.9 Å². The molecule has 1 fully saturated rings. The van der Waals surface area contributed by atoms with E-state index in [9.17, 15) is 4.79 Å². The second-order valence-corrected chi connectivity index (χ2v) is 11.2. The number of rotatable bonds is 9. The molecule has 0 saturated carbocycles. The van der Waals surface area contributed by atoms with Crippen LogP contribution in [0.3, 0.4) is 0 Å². The molecule has 0 radical (unpaired) electrons. The molecule has 0 bridgehead atoms. The van der Waals surface area contributed by atoms with Crippen molar-refractivity contribution in [3.05, 3.63) is 89.5 Å². The van der Waals surface area contributed by atoms with Crippen LogP contribution in [0.4, 0.5) is 17.5 Å². The third kappa shape index (κ3) is 6.42. The molecule has 2 N–H and O–H groups in total. The molecule has 1 aliphatic heterocycles. The minimum Gasteiger partial charge on any atom is -0.365 e. The molecule has 0 unspecified atom stereocenters. The average molecular weight is 537 g/mol. The van der Waals surface area contributed by atoms with Gasteiger partial charge in [-0.2, -0.15) is 4.98 Å². The predicted octanol–water partition coefficient (Wildman–Crippen LogP) is 5.96. The molecular formula is C33H40N6O. The Labute approximate surface area is 237 Å². The molecule has 3 aromatic carbocycles. The number of aromatic nitrogens is 2. The molecule has 208 valence electrons. The minimum atomic E-state index is 0.0551. The number of piperidine rings is 1. The molecule has 5 rings (SSSR count). The summed E-state index contributed by atoms with van der Waals surface area (Å²) < 4.78 is 0. The first-order chi connectivity index (χ1) is 19.4. The number of hydrogen-bond donors (Lipinski definition) is 2. The van der Waals surface area contributed by atoms with E-state index in [1.807, 2.05) is 42.1 Å². The van der Waals surface area contributed by atoms with Crippen LogP contribution in [-0.4, -0.2) is 43.1 Å². The fraction of sp³-hybridized carbons (Fsp3) is 0.364. The second kappa shape index (κ2) is 12.5. The van der Waals surface area contributed by atoms with E-state index < -0.39 is 0 Å². The van der Waals surface area contributed by atoms with E-state index in [0.717, 1.165) is 59.5 Å². The molecule has 40 heavy (non-hydrogen) atoms. The number of carbonyl (C=O) groups is 1. The highest BCUT2D eigenvalue weighted by Crippen LogP contribution is 2.28. The van der Waals surface area contributed by atoms with E-state index in [4.69, 9.17) is 9.97 Å². The molecule has 1 aliphatic rings. The van der Waals surface area contributed by atoms with Crippen LogP contribution in [0.1, 0.15) is 49.3 Å². The maximum absolute atomic E-state index is 13.6. The maximum atomic E-state index is 13.6. The lowest BCUT2D eigenvalue weighted by atomic mass is 9.96. The zero-order valence-corrected chi connectivity index (χ0v) is 24.0. The minimum absolute atomic E-state index is 0.0551. The molecule has 1 amide bonds. The van der Waals surface area contributed by atoms with Crippen molar-refractivity contribution in [3.63, 3.8) is 0 Å². The van der Waals surface area contributed by atoms with E-state index in [0.29, 0.717) is 25.0 Å². The van der Waals surface area contributed by atoms with Crippen LogP contribution in [0.2, 0.25) is 0 Å². The number of anilines is 3. The normalized spacial score (nSPS) is 13.9. The van der Waals surface area contributed by atoms with E-state index in [1.165, 1.54) is 5.56 Å². The van der Waals surface area contributed by atoms with Crippen LogP contribution in [0.25, 0.3) is 10.9 Å². The number of nitrogens with one attached hydrogen (secondary N) is 2. The number of hydrogen-bond acceptors (Lipinski definition) is 6. The van der Waals surface area contributed by atoms with E-state index in [1.54, 1.807) is 0 Å². The molecule has 7 heteroatoms. The molecule has 1 saturated heterocycles. The average Bonchev–Trinajstić information content (AvgIpc) is 2.99. The predicted molar refractivity (Wildman–Crippen MR) is 165 cm³/mol. The first-order valence-corrected chi connectivity index (χ1v) is 14.3. The highest BCUT2D eigenvalue weighted by molar-refractivity contribution is 5.95. The molecular weight excluding hydrogens is 496 g/mol. The number of benzene rings is 3. The fourth-order valence-electron chi connectivity index (χ4n) is 5.16. The SMILES string of the molecule is CC(C)c1ccc2c(NCc3ccc(N(Cc4ccccc4)C(=O)C4CCNCC4)cc3)nc(N(C)C)nc2c1. The third-order valence-corrected chi connectivity index (χ3v) is 7.62. The van der Waals surface area contributed by atoms with Gasteiger partial charge >= 0.3 is 0 Å². The van der Waals surface area contributed by atoms with Crippen molar-refractivity contribution in [1.29, 1.82) is 0 Å². The number of fused-ring (bicyclic) bond motifs is 1. The Balaban J connectivity index is 1.36. The van der Waals surface area contributed by atoms with Gasteiger partial charge in [0, 0.05) is 37.6 Å². The van der Waals surface area contributed by atoms with Crippen molar-refractivity contribution in [1.82, 2.24) is 15.3 Å². The lowest BCUT2D eigenvalue weighted by Crippen LogP contribution is -2.40. The van der Waals surface area contributed by atoms with Gasteiger partial charge in [0.25, 0.3) is 0 Å². The lowest BCUT2D eigenvalue weighted by Gasteiger charge is -2.30. The summed E-state index contributed by atoms with van der Waals surface area (Å²) in [6.45, 7) is 7.36. The zero-order chi connectivity index (χ0) is 28.1. The summed E-state index contributed by atoms with van der Waals surface area (Å²) in [4.78, 5) is 27.1. The molecule has 4 aromatic rings. The van der Waals surface area contributed by atoms with Crippen LogP contribution >= 0.6 is 0 Å². The van der Waals surface area contributed by atoms with Crippen molar-refractivity contribution < 1.29 is 4.79 Å². The van der Waals surface area contributed by atoms with Crippen molar-refractivity contribution in [2.45, 2.75) is 45.7 Å². The van der Waals surface area contributed by atoms with Crippen LogP contribution < -0.4 is 20.4 Å². The van der Waals surface area contributed by atoms with Crippen LogP contribution in [0.5, 0.6) is 0 Å². The Morgan fingerprint density at radius 1 is 0.950 bits per heavy atom. The number of amides is 1. The Morgan fingerprint density at radius 2 is 1.68 bits per heavy atom. The molecule has 0 aliphatic carbocycles. The Kier molecular flexibility index (Phi) is 8.60. The highest BCUT2D eigenvalue weighted by Gasteiger charge is 2.27. The molecule has 7 nitrogen and oxygen atoms in total. The molecule has 0 atom stereocenters. The Hall–Kier alpha value is -3.97. The standard InChI is InChI=1S/C33H40N6O/c1-23(2)27-12-15-29-30(20-27)36-33(38(3)4)37-31(29)35-21-24-10-13-28(14-11-24)39(22-25-8-6-5-7-9-25)32(40)26-16-18-34-19-17-26/h5-15,20,23,26,34H,16-19,21-22H2,1-4H3,(H,35,36,37). The van der Waals surface area contributed by atoms with Crippen molar-refractivity contribution in [2.75, 3.05) is 42.3 Å². The maximum Gasteiger partial charge on any atom is 0.230 e. The summed E-state index contributed by atoms with van der Waals surface area (Å²) in [5, 5.41) is 7.92. The zero-order valence-electron chi connectivity index (χ0n) is 24.0.